The molecule has 0 amide bonds. The van der Waals surface area contributed by atoms with E-state index >= 15 is 0 Å². The molecule has 25 heteroatoms. The first-order valence-electron chi connectivity index (χ1n) is 25.5. The van der Waals surface area contributed by atoms with Gasteiger partial charge in [-0.3, -0.25) is 0 Å². The Balaban J connectivity index is 1.10. The van der Waals surface area contributed by atoms with Crippen LogP contribution in [0.3, 0.4) is 0 Å². The van der Waals surface area contributed by atoms with Gasteiger partial charge in [0.1, 0.15) is 110 Å². The predicted molar refractivity (Wildman–Crippen MR) is 257 cm³/mol. The summed E-state index contributed by atoms with van der Waals surface area (Å²) in [7, 11) is 0. The summed E-state index contributed by atoms with van der Waals surface area (Å²) in [6.07, 6.45) is -26.3. The van der Waals surface area contributed by atoms with E-state index in [9.17, 15) is 76.6 Å². The molecule has 0 radical (unpaired) electrons. The molecule has 0 aromatic rings. The zero-order valence-electron chi connectivity index (χ0n) is 43.3. The molecule has 5 aliphatic rings. The number of allylic oxidation sites excluding steroid dienone is 5. The summed E-state index contributed by atoms with van der Waals surface area (Å²) in [6.45, 7) is 12.4. The normalized spacial score (nSPS) is 44.3. The zero-order chi connectivity index (χ0) is 55.6. The minimum Gasteiger partial charge on any atom is -0.394 e. The van der Waals surface area contributed by atoms with Crippen molar-refractivity contribution in [3.8, 4) is 0 Å². The average Bonchev–Trinajstić information content (AvgIpc) is 3.38. The molecule has 5 rings (SSSR count). The predicted octanol–water partition coefficient (Wildman–Crippen LogP) is -3.73. The van der Waals surface area contributed by atoms with Gasteiger partial charge < -0.3 is 124 Å². The Morgan fingerprint density at radius 2 is 0.907 bits per heavy atom. The largest absolute Gasteiger partial charge is 0.394 e. The van der Waals surface area contributed by atoms with E-state index in [-0.39, 0.29) is 6.61 Å². The van der Waals surface area contributed by atoms with Crippen molar-refractivity contribution in [1.82, 2.24) is 0 Å². The molecule has 1 unspecified atom stereocenters. The second-order valence-electron chi connectivity index (χ2n) is 20.5. The van der Waals surface area contributed by atoms with Gasteiger partial charge >= 0.3 is 0 Å². The number of rotatable bonds is 24. The van der Waals surface area contributed by atoms with Crippen molar-refractivity contribution in [1.29, 1.82) is 0 Å². The van der Waals surface area contributed by atoms with Gasteiger partial charge in [-0.2, -0.15) is 0 Å². The van der Waals surface area contributed by atoms with Gasteiger partial charge in [-0.15, -0.1) is 6.58 Å². The van der Waals surface area contributed by atoms with Crippen molar-refractivity contribution in [3.63, 3.8) is 0 Å². The van der Waals surface area contributed by atoms with Gasteiger partial charge in [-0.25, -0.2) is 0 Å². The molecule has 15 N–H and O–H groups in total. The van der Waals surface area contributed by atoms with Gasteiger partial charge in [0.15, 0.2) is 31.5 Å². The van der Waals surface area contributed by atoms with Crippen molar-refractivity contribution < 1.29 is 124 Å². The van der Waals surface area contributed by atoms with E-state index in [4.69, 9.17) is 47.4 Å². The third-order valence-corrected chi connectivity index (χ3v) is 14.4. The summed E-state index contributed by atoms with van der Waals surface area (Å²) < 4.78 is 57.6. The van der Waals surface area contributed by atoms with E-state index in [0.29, 0.717) is 25.7 Å². The first kappa shape index (κ1) is 63.8. The van der Waals surface area contributed by atoms with E-state index in [1.807, 2.05) is 19.9 Å². The molecule has 5 aliphatic heterocycles. The maximum Gasteiger partial charge on any atom is 0.187 e. The van der Waals surface area contributed by atoms with Crippen molar-refractivity contribution in [2.75, 3.05) is 26.4 Å². The lowest BCUT2D eigenvalue weighted by molar-refractivity contribution is -0.371. The number of aliphatic hydroxyl groups excluding tert-OH is 15. The highest BCUT2D eigenvalue weighted by Gasteiger charge is 2.53. The number of aliphatic hydroxyl groups is 15. The SMILES string of the molecule is C=CC(C)(CC/C=C(\C)CC/C=C(\C)CC/C=C(/C)CO[C@@H]1O[C@H](CO[C@@H]2O[C@@H](C)[C@H](O)[C@@H](O)[C@H]2O)[C@@H](O)[C@H](O)[C@H]1O[C@@H]1O[C@H](CO)[C@@H](O)[C@H](O)[C@H]1O)O[C@@H]1O[C@H](CO)[C@@H](O[C@@H]2O[C@@H](C)[C@H](O)[C@@H](O)[C@H]2O)[C@H](O)[C@H]1O. The fourth-order valence-corrected chi connectivity index (χ4v) is 9.25. The van der Waals surface area contributed by atoms with Crippen LogP contribution in [0.15, 0.2) is 47.6 Å². The quantitative estimate of drug-likeness (QED) is 0.0413. The minimum absolute atomic E-state index is 0.0694. The fourth-order valence-electron chi connectivity index (χ4n) is 9.25. The van der Waals surface area contributed by atoms with Crippen LogP contribution in [-0.2, 0) is 47.4 Å². The molecule has 0 saturated carbocycles. The van der Waals surface area contributed by atoms with Crippen LogP contribution in [0, 0.1) is 0 Å². The van der Waals surface area contributed by atoms with Gasteiger partial charge in [0.25, 0.3) is 0 Å². The number of hydrogen-bond acceptors (Lipinski definition) is 25. The molecule has 75 heavy (non-hydrogen) atoms. The molecule has 26 atom stereocenters. The highest BCUT2D eigenvalue weighted by molar-refractivity contribution is 5.08. The first-order valence-corrected chi connectivity index (χ1v) is 25.5. The number of hydrogen-bond donors (Lipinski definition) is 15. The van der Waals surface area contributed by atoms with Gasteiger partial charge in [-0.1, -0.05) is 41.0 Å². The van der Waals surface area contributed by atoms with Crippen LogP contribution >= 0.6 is 0 Å². The maximum absolute atomic E-state index is 11.3. The zero-order valence-corrected chi connectivity index (χ0v) is 43.3. The lowest BCUT2D eigenvalue weighted by Crippen LogP contribution is -2.65. The van der Waals surface area contributed by atoms with Crippen LogP contribution in [-0.4, -0.2) is 262 Å². The Kier molecular flexibility index (Phi) is 24.6. The van der Waals surface area contributed by atoms with E-state index in [1.54, 1.807) is 19.9 Å². The summed E-state index contributed by atoms with van der Waals surface area (Å²) in [5.41, 5.74) is 1.95. The molecule has 5 fully saturated rings. The Labute approximate surface area is 436 Å². The molecule has 0 aromatic heterocycles. The Hall–Kier alpha value is -2.04. The van der Waals surface area contributed by atoms with E-state index in [0.717, 1.165) is 29.6 Å². The van der Waals surface area contributed by atoms with Crippen LogP contribution in [0.25, 0.3) is 0 Å². The molecule has 25 nitrogen and oxygen atoms in total. The van der Waals surface area contributed by atoms with Crippen LogP contribution in [0.1, 0.15) is 80.1 Å². The maximum atomic E-state index is 11.3. The minimum atomic E-state index is -1.85. The standard InChI is InChI=1S/C50H84O25/c1-8-50(7,75-48-42(65)38(61)43(28(19-52)71-48)73-46-40(63)35(58)31(54)26(6)69-46)17-11-16-23(3)13-9-12-22(2)14-10-15-24(4)20-66-49-44(74-47-41(64)36(59)32(55)27(18-51)70-47)37(60)33(56)29(72-49)21-67-45-39(62)34(57)30(53)25(5)68-45/h8,12,15-16,25-49,51-65H,1,9-11,13-14,17-21H2,2-7H3/b22-12+,23-16+,24-15-/t25-,26-,27+,28+,29+,30-,31-,32+,33+,34+,35+,36-,37-,38+,39+,40+,41+,42+,43+,44+,45+,46-,47-,48-,49+,50?/m0/s1. The second-order valence-corrected chi connectivity index (χ2v) is 20.5. The average molecular weight is 1090 g/mol. The van der Waals surface area contributed by atoms with Crippen LogP contribution < -0.4 is 0 Å². The van der Waals surface area contributed by atoms with Gasteiger partial charge in [-0.05, 0) is 80.1 Å². The fraction of sp³-hybridized carbons (Fsp3) is 0.840. The lowest BCUT2D eigenvalue weighted by atomic mass is 9.95. The second kappa shape index (κ2) is 28.9. The topological polar surface area (TPSA) is 396 Å². The van der Waals surface area contributed by atoms with Crippen molar-refractivity contribution in [3.05, 3.63) is 47.6 Å². The Morgan fingerprint density at radius 3 is 1.48 bits per heavy atom. The lowest BCUT2D eigenvalue weighted by Gasteiger charge is -2.47. The summed E-state index contributed by atoms with van der Waals surface area (Å²) >= 11 is 0. The monoisotopic (exact) mass is 1080 g/mol. The summed E-state index contributed by atoms with van der Waals surface area (Å²) in [6, 6.07) is 0. The summed E-state index contributed by atoms with van der Waals surface area (Å²) in [5.74, 6) is 0. The number of ether oxygens (including phenoxy) is 10. The summed E-state index contributed by atoms with van der Waals surface area (Å²) in [5, 5.41) is 157. The Morgan fingerprint density at radius 1 is 0.467 bits per heavy atom. The van der Waals surface area contributed by atoms with Gasteiger partial charge in [0.05, 0.1) is 44.2 Å². The van der Waals surface area contributed by atoms with Crippen LogP contribution in [0.2, 0.25) is 0 Å². The Bertz CT molecular complexity index is 1840. The van der Waals surface area contributed by atoms with Crippen LogP contribution in [0.5, 0.6) is 0 Å². The molecule has 0 bridgehead atoms. The van der Waals surface area contributed by atoms with Crippen LogP contribution in [0.4, 0.5) is 0 Å². The third-order valence-electron chi connectivity index (χ3n) is 14.4. The highest BCUT2D eigenvalue weighted by atomic mass is 16.8. The van der Waals surface area contributed by atoms with Gasteiger partial charge in [0, 0.05) is 0 Å². The third kappa shape index (κ3) is 16.3. The van der Waals surface area contributed by atoms with E-state index < -0.39 is 179 Å². The smallest absolute Gasteiger partial charge is 0.187 e. The highest BCUT2D eigenvalue weighted by Crippen LogP contribution is 2.34. The van der Waals surface area contributed by atoms with Crippen molar-refractivity contribution in [2.24, 2.45) is 0 Å². The molecule has 0 aromatic carbocycles. The molecule has 5 saturated heterocycles. The van der Waals surface area contributed by atoms with Crippen molar-refractivity contribution in [2.45, 2.75) is 239 Å². The van der Waals surface area contributed by atoms with Gasteiger partial charge in [0.2, 0.25) is 0 Å². The van der Waals surface area contributed by atoms with Crippen molar-refractivity contribution >= 4 is 0 Å². The molecule has 0 spiro atoms. The molecular formula is C50H84O25. The molecule has 5 heterocycles. The molecular weight excluding hydrogens is 1000 g/mol. The summed E-state index contributed by atoms with van der Waals surface area (Å²) in [4.78, 5) is 0. The van der Waals surface area contributed by atoms with E-state index in [1.165, 1.54) is 13.8 Å². The first-order chi connectivity index (χ1) is 35.4. The molecule has 0 aliphatic carbocycles. The molecule has 434 valence electrons. The van der Waals surface area contributed by atoms with E-state index in [2.05, 4.69) is 18.7 Å².